The summed E-state index contributed by atoms with van der Waals surface area (Å²) in [7, 11) is 1.69. The molecule has 0 amide bonds. The van der Waals surface area contributed by atoms with E-state index in [0.717, 1.165) is 76.3 Å². The minimum Gasteiger partial charge on any atom is -0.497 e. The Morgan fingerprint density at radius 1 is 0.765 bits per heavy atom. The van der Waals surface area contributed by atoms with Gasteiger partial charge in [-0.3, -0.25) is 0 Å². The molecule has 2 aliphatic carbocycles. The van der Waals surface area contributed by atoms with E-state index >= 15 is 0 Å². The standard InChI is InChI=1S/C42H45N7OS/c1-27(28-10-4-3-5-11-28)44-41-24-36(31-18-19-38-37(23-31)43-26-51-38)47-39(48-41)20-21-40-46-35(30-14-8-15-32(22-30)50-2)25-42(49-40)45-34-17-9-13-29-12-6-7-16-33(29)34/h6-8,12,14-16,18-19,22-28,34H,3-5,9-11,13,17,20-21H2,1-2H3,(H,44,47,48)(H,45,46,49)/t27-,34+/m0/s1. The lowest BCUT2D eigenvalue weighted by Crippen LogP contribution is -2.28. The topological polar surface area (TPSA) is 97.7 Å². The van der Waals surface area contributed by atoms with Gasteiger partial charge in [0.2, 0.25) is 0 Å². The first-order valence-electron chi connectivity index (χ1n) is 18.4. The second kappa shape index (κ2) is 15.2. The van der Waals surface area contributed by atoms with Crippen LogP contribution >= 0.6 is 11.3 Å². The van der Waals surface area contributed by atoms with Crippen LogP contribution in [0.5, 0.6) is 5.75 Å². The zero-order valence-corrected chi connectivity index (χ0v) is 30.3. The molecule has 3 heterocycles. The molecule has 51 heavy (non-hydrogen) atoms. The number of anilines is 2. The molecule has 3 aromatic heterocycles. The molecule has 0 saturated heterocycles. The summed E-state index contributed by atoms with van der Waals surface area (Å²) in [4.78, 5) is 24.9. The molecule has 0 unspecified atom stereocenters. The number of hydrogen-bond donors (Lipinski definition) is 2. The highest BCUT2D eigenvalue weighted by Gasteiger charge is 2.23. The number of nitrogens with one attached hydrogen (secondary N) is 2. The molecule has 9 heteroatoms. The van der Waals surface area contributed by atoms with Crippen LogP contribution in [0, 0.1) is 5.92 Å². The molecule has 260 valence electrons. The quantitative estimate of drug-likeness (QED) is 0.138. The molecule has 0 bridgehead atoms. The summed E-state index contributed by atoms with van der Waals surface area (Å²) < 4.78 is 6.73. The summed E-state index contributed by atoms with van der Waals surface area (Å²) in [6.45, 7) is 2.30. The molecule has 0 aliphatic heterocycles. The van der Waals surface area contributed by atoms with Crippen molar-refractivity contribution in [3.8, 4) is 28.3 Å². The molecule has 8 nitrogen and oxygen atoms in total. The van der Waals surface area contributed by atoms with Crippen molar-refractivity contribution in [1.29, 1.82) is 0 Å². The van der Waals surface area contributed by atoms with E-state index < -0.39 is 0 Å². The van der Waals surface area contributed by atoms with Gasteiger partial charge in [0.25, 0.3) is 0 Å². The van der Waals surface area contributed by atoms with Crippen LogP contribution in [0.1, 0.15) is 80.7 Å². The van der Waals surface area contributed by atoms with Crippen LogP contribution in [-0.2, 0) is 19.3 Å². The van der Waals surface area contributed by atoms with Gasteiger partial charge in [-0.15, -0.1) is 11.3 Å². The van der Waals surface area contributed by atoms with Crippen LogP contribution in [-0.4, -0.2) is 38.1 Å². The first-order chi connectivity index (χ1) is 25.1. The summed E-state index contributed by atoms with van der Waals surface area (Å²) in [6.07, 6.45) is 11.0. The van der Waals surface area contributed by atoms with Crippen molar-refractivity contribution < 1.29 is 4.74 Å². The minimum atomic E-state index is 0.200. The van der Waals surface area contributed by atoms with Gasteiger partial charge in [-0.1, -0.05) is 61.7 Å². The van der Waals surface area contributed by atoms with Gasteiger partial charge < -0.3 is 15.4 Å². The minimum absolute atomic E-state index is 0.200. The van der Waals surface area contributed by atoms with Crippen LogP contribution in [0.25, 0.3) is 32.7 Å². The maximum Gasteiger partial charge on any atom is 0.131 e. The van der Waals surface area contributed by atoms with E-state index in [4.69, 9.17) is 24.7 Å². The number of aromatic nitrogens is 5. The van der Waals surface area contributed by atoms with Crippen LogP contribution in [0.4, 0.5) is 11.6 Å². The fraction of sp³-hybridized carbons (Fsp3) is 0.357. The van der Waals surface area contributed by atoms with Gasteiger partial charge in [0.15, 0.2) is 0 Å². The molecule has 8 rings (SSSR count). The Balaban J connectivity index is 1.11. The number of hydrogen-bond acceptors (Lipinski definition) is 9. The number of methoxy groups -OCH3 is 1. The van der Waals surface area contributed by atoms with Crippen molar-refractivity contribution in [2.24, 2.45) is 5.92 Å². The Bertz CT molecular complexity index is 2120. The summed E-state index contributed by atoms with van der Waals surface area (Å²) in [6, 6.07) is 27.9. The van der Waals surface area contributed by atoms with E-state index in [1.54, 1.807) is 18.4 Å². The van der Waals surface area contributed by atoms with E-state index in [-0.39, 0.29) is 6.04 Å². The fourth-order valence-corrected chi connectivity index (χ4v) is 8.41. The first-order valence-corrected chi connectivity index (χ1v) is 19.3. The largest absolute Gasteiger partial charge is 0.497 e. The molecule has 0 radical (unpaired) electrons. The molecular formula is C42H45N7OS. The van der Waals surface area contributed by atoms with E-state index in [0.29, 0.717) is 24.8 Å². The highest BCUT2D eigenvalue weighted by molar-refractivity contribution is 7.16. The average molecular weight is 696 g/mol. The zero-order valence-electron chi connectivity index (χ0n) is 29.4. The van der Waals surface area contributed by atoms with E-state index in [2.05, 4.69) is 83.2 Å². The Hall–Kier alpha value is -4.89. The maximum atomic E-state index is 5.56. The number of ether oxygens (including phenoxy) is 1. The van der Waals surface area contributed by atoms with Gasteiger partial charge in [-0.05, 0) is 80.3 Å². The fourth-order valence-electron chi connectivity index (χ4n) is 7.75. The van der Waals surface area contributed by atoms with Gasteiger partial charge in [0.05, 0.1) is 40.3 Å². The number of nitrogens with zero attached hydrogens (tertiary/aromatic N) is 5. The summed E-state index contributed by atoms with van der Waals surface area (Å²) in [5.41, 5.74) is 9.45. The van der Waals surface area contributed by atoms with Gasteiger partial charge in [0.1, 0.15) is 29.0 Å². The monoisotopic (exact) mass is 695 g/mol. The predicted octanol–water partition coefficient (Wildman–Crippen LogP) is 9.87. The SMILES string of the molecule is COc1cccc(-c2cc(N[C@@H]3CCCc4ccccc43)nc(CCc3nc(N[C@@H](C)C4CCCCC4)cc(-c4ccc5scnc5c4)n3)n2)c1. The Kier molecular flexibility index (Phi) is 9.88. The lowest BCUT2D eigenvalue weighted by atomic mass is 9.84. The predicted molar refractivity (Wildman–Crippen MR) is 207 cm³/mol. The van der Waals surface area contributed by atoms with Crippen LogP contribution in [0.3, 0.4) is 0 Å². The van der Waals surface area contributed by atoms with Crippen LogP contribution < -0.4 is 15.4 Å². The van der Waals surface area contributed by atoms with E-state index in [1.165, 1.54) is 47.9 Å². The van der Waals surface area contributed by atoms with Crippen molar-refractivity contribution in [2.75, 3.05) is 17.7 Å². The zero-order chi connectivity index (χ0) is 34.6. The molecule has 1 fully saturated rings. The molecule has 2 aliphatic rings. The van der Waals surface area contributed by atoms with Crippen LogP contribution in [0.2, 0.25) is 0 Å². The molecule has 6 aromatic rings. The van der Waals surface area contributed by atoms with Gasteiger partial charge >= 0.3 is 0 Å². The summed E-state index contributed by atoms with van der Waals surface area (Å²) in [5.74, 6) is 4.68. The number of aryl methyl sites for hydroxylation is 3. The average Bonchev–Trinajstić information content (AvgIpc) is 3.66. The number of benzene rings is 3. The second-order valence-electron chi connectivity index (χ2n) is 14.0. The molecule has 3 aromatic carbocycles. The Morgan fingerprint density at radius 3 is 2.35 bits per heavy atom. The molecule has 2 atom stereocenters. The van der Waals surface area contributed by atoms with Gasteiger partial charge in [0, 0.05) is 42.1 Å². The second-order valence-corrected chi connectivity index (χ2v) is 14.9. The summed E-state index contributed by atoms with van der Waals surface area (Å²) >= 11 is 1.66. The number of rotatable bonds is 11. The van der Waals surface area contributed by atoms with Crippen molar-refractivity contribution in [3.63, 3.8) is 0 Å². The van der Waals surface area contributed by atoms with Gasteiger partial charge in [-0.2, -0.15) is 0 Å². The van der Waals surface area contributed by atoms with Crippen molar-refractivity contribution >= 4 is 33.2 Å². The number of fused-ring (bicyclic) bond motifs is 2. The van der Waals surface area contributed by atoms with E-state index in [9.17, 15) is 0 Å². The molecule has 2 N–H and O–H groups in total. The van der Waals surface area contributed by atoms with Gasteiger partial charge in [-0.25, -0.2) is 24.9 Å². The van der Waals surface area contributed by atoms with Crippen molar-refractivity contribution in [1.82, 2.24) is 24.9 Å². The molecule has 1 saturated carbocycles. The lowest BCUT2D eigenvalue weighted by molar-refractivity contribution is 0.328. The van der Waals surface area contributed by atoms with Crippen molar-refractivity contribution in [3.05, 3.63) is 107 Å². The Labute approximate surface area is 304 Å². The Morgan fingerprint density at radius 2 is 1.53 bits per heavy atom. The molecular weight excluding hydrogens is 651 g/mol. The highest BCUT2D eigenvalue weighted by atomic mass is 32.1. The third-order valence-corrected chi connectivity index (χ3v) is 11.3. The number of thiazole rings is 1. The lowest BCUT2D eigenvalue weighted by Gasteiger charge is -2.28. The highest BCUT2D eigenvalue weighted by Crippen LogP contribution is 2.34. The van der Waals surface area contributed by atoms with Crippen molar-refractivity contribution in [2.45, 2.75) is 83.2 Å². The normalized spacial score (nSPS) is 16.8. The maximum absolute atomic E-state index is 5.56. The summed E-state index contributed by atoms with van der Waals surface area (Å²) in [5, 5.41) is 7.57. The third-order valence-electron chi connectivity index (χ3n) is 10.5. The smallest absolute Gasteiger partial charge is 0.131 e. The first kappa shape index (κ1) is 33.3. The van der Waals surface area contributed by atoms with Crippen LogP contribution in [0.15, 0.2) is 84.4 Å². The third kappa shape index (κ3) is 7.73. The van der Waals surface area contributed by atoms with E-state index in [1.807, 2.05) is 23.7 Å². The molecule has 0 spiro atoms.